The smallest absolute Gasteiger partial charge is 0.271 e. The second-order valence-corrected chi connectivity index (χ2v) is 4.28. The molecule has 0 saturated heterocycles. The molecule has 1 aromatic rings. The molecular weight excluding hydrogens is 248 g/mol. The third-order valence-electron chi connectivity index (χ3n) is 2.83. The summed E-state index contributed by atoms with van der Waals surface area (Å²) in [6.07, 6.45) is 2.83. The van der Waals surface area contributed by atoms with E-state index in [1.807, 2.05) is 4.57 Å². The molecule has 2 N–H and O–H groups in total. The molecule has 0 atom stereocenters. The average Bonchev–Trinajstić information content (AvgIpc) is 2.86. The third-order valence-corrected chi connectivity index (χ3v) is 2.83. The number of hydrogen-bond donors (Lipinski definition) is 2. The highest BCUT2D eigenvalue weighted by Gasteiger charge is 2.15. The van der Waals surface area contributed by atoms with Crippen molar-refractivity contribution in [2.24, 2.45) is 0 Å². The van der Waals surface area contributed by atoms with E-state index < -0.39 is 0 Å². The van der Waals surface area contributed by atoms with Gasteiger partial charge in [-0.25, -0.2) is 4.98 Å². The molecule has 106 valence electrons. The van der Waals surface area contributed by atoms with E-state index in [9.17, 15) is 4.79 Å². The van der Waals surface area contributed by atoms with Crippen molar-refractivity contribution in [3.8, 4) is 0 Å². The highest BCUT2D eigenvalue weighted by molar-refractivity contribution is 5.92. The SMILES string of the molecule is COCCOCCNC(=O)c1cn2c(n1)NCCC2. The van der Waals surface area contributed by atoms with Crippen LogP contribution in [0.25, 0.3) is 0 Å². The van der Waals surface area contributed by atoms with Crippen molar-refractivity contribution in [2.45, 2.75) is 13.0 Å². The molecule has 0 bridgehead atoms. The highest BCUT2D eigenvalue weighted by Crippen LogP contribution is 2.13. The first kappa shape index (κ1) is 13.8. The maximum absolute atomic E-state index is 11.9. The lowest BCUT2D eigenvalue weighted by Crippen LogP contribution is -2.27. The molecule has 0 radical (unpaired) electrons. The van der Waals surface area contributed by atoms with Crippen molar-refractivity contribution >= 4 is 11.9 Å². The number of methoxy groups -OCH3 is 1. The minimum atomic E-state index is -0.168. The Kier molecular flexibility index (Phi) is 5.17. The van der Waals surface area contributed by atoms with Crippen LogP contribution in [0.5, 0.6) is 0 Å². The number of anilines is 1. The first-order valence-corrected chi connectivity index (χ1v) is 6.47. The minimum absolute atomic E-state index is 0.168. The van der Waals surface area contributed by atoms with Gasteiger partial charge in [0.05, 0.1) is 19.8 Å². The number of carbonyl (C=O) groups is 1. The van der Waals surface area contributed by atoms with Gasteiger partial charge in [-0.3, -0.25) is 4.79 Å². The number of amides is 1. The number of aryl methyl sites for hydroxylation is 1. The van der Waals surface area contributed by atoms with Crippen molar-refractivity contribution in [1.82, 2.24) is 14.9 Å². The Bertz CT molecular complexity index is 396. The second-order valence-electron chi connectivity index (χ2n) is 4.28. The van der Waals surface area contributed by atoms with Crippen LogP contribution >= 0.6 is 0 Å². The van der Waals surface area contributed by atoms with Gasteiger partial charge in [0.2, 0.25) is 5.95 Å². The molecule has 0 fully saturated rings. The van der Waals surface area contributed by atoms with Crippen molar-refractivity contribution in [3.05, 3.63) is 11.9 Å². The van der Waals surface area contributed by atoms with Gasteiger partial charge in [0, 0.05) is 32.9 Å². The van der Waals surface area contributed by atoms with E-state index in [2.05, 4.69) is 15.6 Å². The van der Waals surface area contributed by atoms with Crippen molar-refractivity contribution in [2.75, 3.05) is 45.3 Å². The number of fused-ring (bicyclic) bond motifs is 1. The van der Waals surface area contributed by atoms with E-state index in [4.69, 9.17) is 9.47 Å². The Morgan fingerprint density at radius 3 is 3.21 bits per heavy atom. The summed E-state index contributed by atoms with van der Waals surface area (Å²) >= 11 is 0. The lowest BCUT2D eigenvalue weighted by molar-refractivity contribution is 0.0692. The molecule has 0 saturated carbocycles. The average molecular weight is 268 g/mol. The molecule has 1 aliphatic heterocycles. The molecule has 0 aromatic carbocycles. The van der Waals surface area contributed by atoms with Crippen LogP contribution < -0.4 is 10.6 Å². The fourth-order valence-electron chi connectivity index (χ4n) is 1.86. The van der Waals surface area contributed by atoms with Gasteiger partial charge in [-0.1, -0.05) is 0 Å². The maximum atomic E-state index is 11.9. The third kappa shape index (κ3) is 3.93. The Hall–Kier alpha value is -1.60. The summed E-state index contributed by atoms with van der Waals surface area (Å²) < 4.78 is 12.1. The quantitative estimate of drug-likeness (QED) is 0.685. The van der Waals surface area contributed by atoms with E-state index in [0.717, 1.165) is 25.5 Å². The fourth-order valence-corrected chi connectivity index (χ4v) is 1.86. The predicted octanol–water partition coefficient (Wildman–Crippen LogP) is 0.0915. The number of rotatable bonds is 7. The predicted molar refractivity (Wildman–Crippen MR) is 70.4 cm³/mol. The molecule has 2 rings (SSSR count). The zero-order valence-corrected chi connectivity index (χ0v) is 11.1. The second kappa shape index (κ2) is 7.10. The lowest BCUT2D eigenvalue weighted by atomic mass is 10.4. The van der Waals surface area contributed by atoms with E-state index in [1.54, 1.807) is 13.3 Å². The molecule has 0 spiro atoms. The Morgan fingerprint density at radius 1 is 1.53 bits per heavy atom. The number of nitrogens with one attached hydrogen (secondary N) is 2. The maximum Gasteiger partial charge on any atom is 0.271 e. The molecule has 7 nitrogen and oxygen atoms in total. The largest absolute Gasteiger partial charge is 0.382 e. The molecule has 19 heavy (non-hydrogen) atoms. The van der Waals surface area contributed by atoms with Crippen molar-refractivity contribution < 1.29 is 14.3 Å². The Balaban J connectivity index is 1.72. The molecule has 0 aliphatic carbocycles. The normalized spacial score (nSPS) is 13.7. The van der Waals surface area contributed by atoms with E-state index in [-0.39, 0.29) is 5.91 Å². The highest BCUT2D eigenvalue weighted by atomic mass is 16.5. The monoisotopic (exact) mass is 268 g/mol. The number of hydrogen-bond acceptors (Lipinski definition) is 5. The van der Waals surface area contributed by atoms with Crippen molar-refractivity contribution in [1.29, 1.82) is 0 Å². The Labute approximate surface area is 112 Å². The zero-order valence-electron chi connectivity index (χ0n) is 11.1. The summed E-state index contributed by atoms with van der Waals surface area (Å²) in [7, 11) is 1.62. The number of carbonyl (C=O) groups excluding carboxylic acids is 1. The van der Waals surface area contributed by atoms with Gasteiger partial charge in [0.15, 0.2) is 0 Å². The first-order chi connectivity index (χ1) is 9.31. The topological polar surface area (TPSA) is 77.4 Å². The number of aromatic nitrogens is 2. The fraction of sp³-hybridized carbons (Fsp3) is 0.667. The number of imidazole rings is 1. The van der Waals surface area contributed by atoms with E-state index in [0.29, 0.717) is 32.1 Å². The van der Waals surface area contributed by atoms with Gasteiger partial charge in [-0.2, -0.15) is 0 Å². The summed E-state index contributed by atoms with van der Waals surface area (Å²) in [5.41, 5.74) is 0.446. The molecule has 7 heteroatoms. The summed E-state index contributed by atoms with van der Waals surface area (Å²) in [4.78, 5) is 16.1. The summed E-state index contributed by atoms with van der Waals surface area (Å²) in [5.74, 6) is 0.604. The van der Waals surface area contributed by atoms with Crippen LogP contribution in [0.2, 0.25) is 0 Å². The van der Waals surface area contributed by atoms with Gasteiger partial charge in [0.25, 0.3) is 5.91 Å². The van der Waals surface area contributed by atoms with E-state index >= 15 is 0 Å². The molecule has 1 aromatic heterocycles. The summed E-state index contributed by atoms with van der Waals surface area (Å²) in [5, 5.41) is 5.94. The van der Waals surface area contributed by atoms with Gasteiger partial charge in [0.1, 0.15) is 5.69 Å². The summed E-state index contributed by atoms with van der Waals surface area (Å²) in [6, 6.07) is 0. The minimum Gasteiger partial charge on any atom is -0.382 e. The van der Waals surface area contributed by atoms with Gasteiger partial charge >= 0.3 is 0 Å². The van der Waals surface area contributed by atoms with Gasteiger partial charge in [-0.15, -0.1) is 0 Å². The van der Waals surface area contributed by atoms with Crippen LogP contribution in [0.3, 0.4) is 0 Å². The molecule has 1 aliphatic rings. The van der Waals surface area contributed by atoms with Crippen LogP contribution in [-0.4, -0.2) is 55.5 Å². The van der Waals surface area contributed by atoms with Crippen molar-refractivity contribution in [3.63, 3.8) is 0 Å². The Morgan fingerprint density at radius 2 is 2.42 bits per heavy atom. The number of ether oxygens (including phenoxy) is 2. The van der Waals surface area contributed by atoms with Crippen LogP contribution in [0.15, 0.2) is 6.20 Å². The summed E-state index contributed by atoms with van der Waals surface area (Å²) in [6.45, 7) is 3.86. The van der Waals surface area contributed by atoms with Crippen LogP contribution in [0.4, 0.5) is 5.95 Å². The molecule has 2 heterocycles. The van der Waals surface area contributed by atoms with Gasteiger partial charge < -0.3 is 24.7 Å². The van der Waals surface area contributed by atoms with Crippen LogP contribution in [0.1, 0.15) is 16.9 Å². The van der Waals surface area contributed by atoms with Gasteiger partial charge in [-0.05, 0) is 6.42 Å². The number of nitrogens with zero attached hydrogens (tertiary/aromatic N) is 2. The standard InChI is InChI=1S/C12H20N4O3/c1-18-7-8-19-6-4-13-11(17)10-9-16-5-2-3-14-12(16)15-10/h9H,2-8H2,1H3,(H,13,17)(H,14,15). The first-order valence-electron chi connectivity index (χ1n) is 6.47. The van der Waals surface area contributed by atoms with Crippen LogP contribution in [-0.2, 0) is 16.0 Å². The molecule has 1 amide bonds. The molecule has 0 unspecified atom stereocenters. The zero-order chi connectivity index (χ0) is 13.5. The lowest BCUT2D eigenvalue weighted by Gasteiger charge is -2.14. The van der Waals surface area contributed by atoms with Crippen LogP contribution in [0, 0.1) is 0 Å². The van der Waals surface area contributed by atoms with E-state index in [1.165, 1.54) is 0 Å². The molecular formula is C12H20N4O3.